The van der Waals surface area contributed by atoms with Crippen molar-refractivity contribution in [2.75, 3.05) is 0 Å². The highest BCUT2D eigenvalue weighted by Crippen LogP contribution is 2.37. The molecule has 0 radical (unpaired) electrons. The highest BCUT2D eigenvalue weighted by atomic mass is 28.4. The van der Waals surface area contributed by atoms with Crippen LogP contribution in [-0.2, 0) is 11.0 Å². The highest BCUT2D eigenvalue weighted by Gasteiger charge is 2.36. The first kappa shape index (κ1) is 15.0. The van der Waals surface area contributed by atoms with Gasteiger partial charge in [-0.3, -0.25) is 0 Å². The van der Waals surface area contributed by atoms with Crippen molar-refractivity contribution in [2.45, 2.75) is 45.5 Å². The van der Waals surface area contributed by atoms with E-state index in [1.807, 2.05) is 18.2 Å². The molecule has 20 heavy (non-hydrogen) atoms. The first-order valence-electron chi connectivity index (χ1n) is 6.86. The van der Waals surface area contributed by atoms with Gasteiger partial charge in [-0.25, -0.2) is 4.79 Å². The molecule has 1 heterocycles. The van der Waals surface area contributed by atoms with Crippen LogP contribution in [0.3, 0.4) is 0 Å². The minimum atomic E-state index is -1.76. The molecule has 108 valence electrons. The van der Waals surface area contributed by atoms with Crippen LogP contribution >= 0.6 is 0 Å². The average Bonchev–Trinajstić information content (AvgIpc) is 2.34. The van der Waals surface area contributed by atoms with Gasteiger partial charge in [-0.2, -0.15) is 0 Å². The van der Waals surface area contributed by atoms with Crippen LogP contribution < -0.4 is 5.63 Å². The summed E-state index contributed by atoms with van der Waals surface area (Å²) in [6, 6.07) is 9.09. The van der Waals surface area contributed by atoms with E-state index in [0.29, 0.717) is 12.2 Å². The Balaban J connectivity index is 2.20. The Labute approximate surface area is 120 Å². The molecule has 1 aromatic carbocycles. The van der Waals surface area contributed by atoms with Crippen LogP contribution in [0.4, 0.5) is 0 Å². The summed E-state index contributed by atoms with van der Waals surface area (Å²) in [5.74, 6) is 0. The van der Waals surface area contributed by atoms with E-state index < -0.39 is 8.32 Å². The van der Waals surface area contributed by atoms with Gasteiger partial charge in [0.2, 0.25) is 0 Å². The van der Waals surface area contributed by atoms with Gasteiger partial charge in [0.15, 0.2) is 8.32 Å². The smallest absolute Gasteiger partial charge is 0.336 e. The summed E-state index contributed by atoms with van der Waals surface area (Å²) in [5, 5.41) is 1.12. The Morgan fingerprint density at radius 2 is 1.80 bits per heavy atom. The molecule has 2 aromatic rings. The molecule has 0 spiro atoms. The number of fused-ring (bicyclic) bond motifs is 1. The standard InChI is InChI=1S/C16H22O3Si/c1-16(2,3)20(4,5)18-11-12-6-7-13-8-9-15(17)19-14(13)10-12/h6-10H,11H2,1-5H3. The fourth-order valence-corrected chi connectivity index (χ4v) is 2.64. The van der Waals surface area contributed by atoms with E-state index in [4.69, 9.17) is 8.84 Å². The second kappa shape index (κ2) is 5.18. The lowest BCUT2D eigenvalue weighted by Crippen LogP contribution is -2.40. The fraction of sp³-hybridized carbons (Fsp3) is 0.438. The first-order chi connectivity index (χ1) is 9.19. The van der Waals surface area contributed by atoms with Crippen LogP contribution in [0.15, 0.2) is 39.5 Å². The van der Waals surface area contributed by atoms with Crippen molar-refractivity contribution in [1.82, 2.24) is 0 Å². The monoisotopic (exact) mass is 290 g/mol. The van der Waals surface area contributed by atoms with Gasteiger partial charge in [-0.15, -0.1) is 0 Å². The zero-order valence-corrected chi connectivity index (χ0v) is 13.8. The quantitative estimate of drug-likeness (QED) is 0.624. The summed E-state index contributed by atoms with van der Waals surface area (Å²) in [5.41, 5.74) is 1.34. The second-order valence-corrected chi connectivity index (χ2v) is 11.5. The Hall–Kier alpha value is -1.39. The summed E-state index contributed by atoms with van der Waals surface area (Å²) in [6.45, 7) is 11.7. The molecule has 0 aliphatic carbocycles. The minimum absolute atomic E-state index is 0.191. The Morgan fingerprint density at radius 3 is 2.45 bits per heavy atom. The predicted octanol–water partition coefficient (Wildman–Crippen LogP) is 4.31. The molecule has 1 aromatic heterocycles. The molecule has 3 nitrogen and oxygen atoms in total. The van der Waals surface area contributed by atoms with Crippen molar-refractivity contribution < 1.29 is 8.84 Å². The Kier molecular flexibility index (Phi) is 3.89. The minimum Gasteiger partial charge on any atom is -0.423 e. The van der Waals surface area contributed by atoms with Gasteiger partial charge in [-0.05, 0) is 35.8 Å². The maximum Gasteiger partial charge on any atom is 0.336 e. The molecular formula is C16H22O3Si. The maximum atomic E-state index is 11.3. The van der Waals surface area contributed by atoms with E-state index in [-0.39, 0.29) is 10.7 Å². The summed E-state index contributed by atoms with van der Waals surface area (Å²) >= 11 is 0. The molecule has 0 N–H and O–H groups in total. The molecule has 0 atom stereocenters. The predicted molar refractivity (Wildman–Crippen MR) is 84.5 cm³/mol. The molecule has 0 aliphatic rings. The normalized spacial score (nSPS) is 12.8. The summed E-state index contributed by atoms with van der Waals surface area (Å²) in [4.78, 5) is 11.3. The molecule has 0 unspecified atom stereocenters. The summed E-state index contributed by atoms with van der Waals surface area (Å²) in [6.07, 6.45) is 0. The third-order valence-corrected chi connectivity index (χ3v) is 8.57. The van der Waals surface area contributed by atoms with Crippen molar-refractivity contribution in [3.05, 3.63) is 46.3 Å². The molecule has 0 fully saturated rings. The lowest BCUT2D eigenvalue weighted by molar-refractivity contribution is 0.276. The van der Waals surface area contributed by atoms with Crippen LogP contribution in [0, 0.1) is 0 Å². The van der Waals surface area contributed by atoms with Gasteiger partial charge in [0.05, 0.1) is 6.61 Å². The average molecular weight is 290 g/mol. The number of hydrogen-bond donors (Lipinski definition) is 0. The number of rotatable bonds is 3. The molecule has 0 saturated heterocycles. The second-order valence-electron chi connectivity index (χ2n) is 6.68. The van der Waals surface area contributed by atoms with E-state index >= 15 is 0 Å². The maximum absolute atomic E-state index is 11.3. The van der Waals surface area contributed by atoms with Gasteiger partial charge in [0.25, 0.3) is 0 Å². The number of hydrogen-bond acceptors (Lipinski definition) is 3. The van der Waals surface area contributed by atoms with Gasteiger partial charge < -0.3 is 8.84 Å². The van der Waals surface area contributed by atoms with Crippen molar-refractivity contribution in [3.8, 4) is 0 Å². The van der Waals surface area contributed by atoms with Crippen LogP contribution in [0.25, 0.3) is 11.0 Å². The molecule has 0 saturated carbocycles. The molecule has 0 bridgehead atoms. The van der Waals surface area contributed by atoms with Crippen molar-refractivity contribution >= 4 is 19.3 Å². The van der Waals surface area contributed by atoms with Gasteiger partial charge >= 0.3 is 5.63 Å². The molecule has 0 aliphatic heterocycles. The van der Waals surface area contributed by atoms with Crippen LogP contribution in [0.2, 0.25) is 18.1 Å². The zero-order chi connectivity index (χ0) is 15.0. The zero-order valence-electron chi connectivity index (χ0n) is 12.8. The fourth-order valence-electron chi connectivity index (χ4n) is 1.68. The Bertz CT molecular complexity index is 665. The molecule has 0 amide bonds. The molecule has 2 rings (SSSR count). The van der Waals surface area contributed by atoms with E-state index in [2.05, 4.69) is 33.9 Å². The van der Waals surface area contributed by atoms with Crippen LogP contribution in [0.5, 0.6) is 0 Å². The third kappa shape index (κ3) is 3.19. The topological polar surface area (TPSA) is 39.4 Å². The lowest BCUT2D eigenvalue weighted by Gasteiger charge is -2.36. The van der Waals surface area contributed by atoms with Crippen LogP contribution in [0.1, 0.15) is 26.3 Å². The lowest BCUT2D eigenvalue weighted by atomic mass is 10.1. The molecular weight excluding hydrogens is 268 g/mol. The third-order valence-electron chi connectivity index (χ3n) is 4.09. The van der Waals surface area contributed by atoms with Crippen molar-refractivity contribution in [3.63, 3.8) is 0 Å². The molecule has 4 heteroatoms. The van der Waals surface area contributed by atoms with E-state index in [1.165, 1.54) is 6.07 Å². The number of benzene rings is 1. The Morgan fingerprint density at radius 1 is 1.15 bits per heavy atom. The van der Waals surface area contributed by atoms with E-state index in [9.17, 15) is 4.79 Å². The largest absolute Gasteiger partial charge is 0.423 e. The van der Waals surface area contributed by atoms with Crippen LogP contribution in [-0.4, -0.2) is 8.32 Å². The summed E-state index contributed by atoms with van der Waals surface area (Å²) in [7, 11) is -1.76. The van der Waals surface area contributed by atoms with Crippen molar-refractivity contribution in [2.24, 2.45) is 0 Å². The van der Waals surface area contributed by atoms with E-state index in [1.54, 1.807) is 6.07 Å². The first-order valence-corrected chi connectivity index (χ1v) is 9.77. The summed E-state index contributed by atoms with van der Waals surface area (Å²) < 4.78 is 11.4. The van der Waals surface area contributed by atoms with Gasteiger partial charge in [0, 0.05) is 11.5 Å². The van der Waals surface area contributed by atoms with Crippen molar-refractivity contribution in [1.29, 1.82) is 0 Å². The van der Waals surface area contributed by atoms with Gasteiger partial charge in [0.1, 0.15) is 5.58 Å². The highest BCUT2D eigenvalue weighted by molar-refractivity contribution is 6.74. The van der Waals surface area contributed by atoms with Gasteiger partial charge in [-0.1, -0.05) is 32.9 Å². The SMILES string of the molecule is CC(C)(C)[Si](C)(C)OCc1ccc2ccc(=O)oc2c1. The van der Waals surface area contributed by atoms with E-state index in [0.717, 1.165) is 10.9 Å².